The lowest BCUT2D eigenvalue weighted by Gasteiger charge is -2.23. The second kappa shape index (κ2) is 9.29. The van der Waals surface area contributed by atoms with Crippen LogP contribution in [0.5, 0.6) is 0 Å². The molecule has 27 heavy (non-hydrogen) atoms. The third kappa shape index (κ3) is 7.66. The van der Waals surface area contributed by atoms with Crippen LogP contribution in [0.1, 0.15) is 45.0 Å². The highest BCUT2D eigenvalue weighted by Gasteiger charge is 2.23. The van der Waals surface area contributed by atoms with Gasteiger partial charge in [0.2, 0.25) is 10.0 Å². The highest BCUT2D eigenvalue weighted by atomic mass is 32.2. The molecule has 0 aliphatic rings. The van der Waals surface area contributed by atoms with E-state index in [1.54, 1.807) is 6.92 Å². The van der Waals surface area contributed by atoms with Gasteiger partial charge < -0.3 is 14.8 Å². The summed E-state index contributed by atoms with van der Waals surface area (Å²) >= 11 is 0. The van der Waals surface area contributed by atoms with E-state index in [1.807, 2.05) is 20.8 Å². The number of methoxy groups -OCH3 is 1. The van der Waals surface area contributed by atoms with E-state index in [9.17, 15) is 18.0 Å². The van der Waals surface area contributed by atoms with Crippen LogP contribution < -0.4 is 10.0 Å². The van der Waals surface area contributed by atoms with Gasteiger partial charge in [-0.25, -0.2) is 17.9 Å². The van der Waals surface area contributed by atoms with E-state index in [4.69, 9.17) is 9.47 Å². The average molecular weight is 400 g/mol. The molecule has 2 N–H and O–H groups in total. The summed E-state index contributed by atoms with van der Waals surface area (Å²) in [7, 11) is -2.25. The topological polar surface area (TPSA) is 111 Å². The van der Waals surface area contributed by atoms with Crippen molar-refractivity contribution in [3.63, 3.8) is 0 Å². The second-order valence-corrected chi connectivity index (χ2v) is 9.00. The Kier molecular flexibility index (Phi) is 7.94. The Hall–Kier alpha value is -1.97. The summed E-state index contributed by atoms with van der Waals surface area (Å²) in [6, 6.07) is 4.89. The van der Waals surface area contributed by atoms with Crippen LogP contribution in [0.3, 0.4) is 0 Å². The molecule has 0 aliphatic heterocycles. The quantitative estimate of drug-likeness (QED) is 0.639. The first kappa shape index (κ1) is 23.1. The first-order valence-corrected chi connectivity index (χ1v) is 9.98. The zero-order chi connectivity index (χ0) is 20.8. The van der Waals surface area contributed by atoms with Crippen molar-refractivity contribution in [3.05, 3.63) is 29.8 Å². The van der Waals surface area contributed by atoms with Gasteiger partial charge in [0.1, 0.15) is 0 Å². The maximum atomic E-state index is 12.3. The van der Waals surface area contributed by atoms with E-state index in [0.29, 0.717) is 0 Å². The lowest BCUT2D eigenvalue weighted by atomic mass is 10.1. The standard InChI is InChI=1S/C18H28N2O6S/c1-12(11-25-6)20-27(23,24)15-9-7-14(8-10-15)17(22)26-13(2)16(21)19-18(3,4)5/h7-10,12-13,20H,11H2,1-6H3,(H,19,21)/t12-,13-/m0/s1. The number of sulfonamides is 1. The van der Waals surface area contributed by atoms with Gasteiger partial charge >= 0.3 is 5.97 Å². The van der Waals surface area contributed by atoms with Crippen LogP contribution >= 0.6 is 0 Å². The molecule has 0 saturated carbocycles. The maximum absolute atomic E-state index is 12.3. The molecule has 0 heterocycles. The number of amides is 1. The van der Waals surface area contributed by atoms with E-state index >= 15 is 0 Å². The fourth-order valence-corrected chi connectivity index (χ4v) is 3.37. The van der Waals surface area contributed by atoms with Gasteiger partial charge in [0, 0.05) is 18.7 Å². The van der Waals surface area contributed by atoms with E-state index in [2.05, 4.69) is 10.0 Å². The number of carbonyl (C=O) groups excluding carboxylic acids is 2. The predicted molar refractivity (Wildman–Crippen MR) is 101 cm³/mol. The summed E-state index contributed by atoms with van der Waals surface area (Å²) in [5, 5.41) is 2.72. The van der Waals surface area contributed by atoms with Crippen LogP contribution in [0.15, 0.2) is 29.2 Å². The summed E-state index contributed by atoms with van der Waals surface area (Å²) in [6.45, 7) is 8.84. The molecule has 0 aromatic heterocycles. The van der Waals surface area contributed by atoms with Gasteiger partial charge in [-0.1, -0.05) is 0 Å². The molecule has 1 amide bonds. The maximum Gasteiger partial charge on any atom is 0.338 e. The Morgan fingerprint density at radius 2 is 1.67 bits per heavy atom. The molecule has 0 spiro atoms. The minimum absolute atomic E-state index is 0.0144. The van der Waals surface area contributed by atoms with Crippen molar-refractivity contribution < 1.29 is 27.5 Å². The Balaban J connectivity index is 2.78. The van der Waals surface area contributed by atoms with Crippen LogP contribution in [0.2, 0.25) is 0 Å². The Morgan fingerprint density at radius 3 is 2.15 bits per heavy atom. The summed E-state index contributed by atoms with van der Waals surface area (Å²) < 4.78 is 37.0. The molecule has 0 saturated heterocycles. The lowest BCUT2D eigenvalue weighted by Crippen LogP contribution is -2.46. The van der Waals surface area contributed by atoms with Gasteiger partial charge in [0.25, 0.3) is 5.91 Å². The number of nitrogens with one attached hydrogen (secondary N) is 2. The minimum atomic E-state index is -3.73. The van der Waals surface area contributed by atoms with Gasteiger partial charge in [0.15, 0.2) is 6.10 Å². The zero-order valence-electron chi connectivity index (χ0n) is 16.5. The highest BCUT2D eigenvalue weighted by Crippen LogP contribution is 2.13. The van der Waals surface area contributed by atoms with Crippen molar-refractivity contribution in [2.75, 3.05) is 13.7 Å². The van der Waals surface area contributed by atoms with Crippen molar-refractivity contribution in [2.24, 2.45) is 0 Å². The molecule has 0 aliphatic carbocycles. The van der Waals surface area contributed by atoms with E-state index in [1.165, 1.54) is 38.3 Å². The molecule has 0 radical (unpaired) electrons. The molecule has 0 fully saturated rings. The van der Waals surface area contributed by atoms with Crippen molar-refractivity contribution in [3.8, 4) is 0 Å². The van der Waals surface area contributed by atoms with E-state index in [-0.39, 0.29) is 17.1 Å². The average Bonchev–Trinajstić information content (AvgIpc) is 2.53. The van der Waals surface area contributed by atoms with Crippen LogP contribution in [0.4, 0.5) is 0 Å². The largest absolute Gasteiger partial charge is 0.449 e. The van der Waals surface area contributed by atoms with Crippen molar-refractivity contribution >= 4 is 21.9 Å². The summed E-state index contributed by atoms with van der Waals surface area (Å²) in [5.41, 5.74) is -0.296. The third-order valence-electron chi connectivity index (χ3n) is 3.32. The van der Waals surface area contributed by atoms with Gasteiger partial charge in [-0.05, 0) is 58.9 Å². The van der Waals surface area contributed by atoms with Crippen LogP contribution in [-0.2, 0) is 24.3 Å². The minimum Gasteiger partial charge on any atom is -0.449 e. The summed E-state index contributed by atoms with van der Waals surface area (Å²) in [6.07, 6.45) is -0.975. The molecule has 1 rings (SSSR count). The number of hydrogen-bond donors (Lipinski definition) is 2. The molecular weight excluding hydrogens is 372 g/mol. The number of hydrogen-bond acceptors (Lipinski definition) is 6. The summed E-state index contributed by atoms with van der Waals surface area (Å²) in [4.78, 5) is 24.2. The first-order chi connectivity index (χ1) is 12.4. The predicted octanol–water partition coefficient (Wildman–Crippen LogP) is 1.46. The number of benzene rings is 1. The molecule has 9 heteroatoms. The first-order valence-electron chi connectivity index (χ1n) is 8.50. The zero-order valence-corrected chi connectivity index (χ0v) is 17.3. The fraction of sp³-hybridized carbons (Fsp3) is 0.556. The second-order valence-electron chi connectivity index (χ2n) is 7.29. The SMILES string of the molecule is COC[C@H](C)NS(=O)(=O)c1ccc(C(=O)O[C@@H](C)C(=O)NC(C)(C)C)cc1. The molecule has 1 aromatic rings. The summed E-state index contributed by atoms with van der Waals surface area (Å²) in [5.74, 6) is -1.12. The molecule has 0 bridgehead atoms. The Morgan fingerprint density at radius 1 is 1.11 bits per heavy atom. The normalized spacial score (nSPS) is 14.3. The van der Waals surface area contributed by atoms with Gasteiger partial charge in [-0.3, -0.25) is 4.79 Å². The third-order valence-corrected chi connectivity index (χ3v) is 4.93. The van der Waals surface area contributed by atoms with E-state index in [0.717, 1.165) is 0 Å². The van der Waals surface area contributed by atoms with Crippen LogP contribution in [0, 0.1) is 0 Å². The molecule has 0 unspecified atom stereocenters. The fourth-order valence-electron chi connectivity index (χ4n) is 2.14. The number of carbonyl (C=O) groups is 2. The number of rotatable bonds is 8. The lowest BCUT2D eigenvalue weighted by molar-refractivity contribution is -0.130. The molecular formula is C18H28N2O6S. The van der Waals surface area contributed by atoms with Gasteiger partial charge in [-0.2, -0.15) is 0 Å². The smallest absolute Gasteiger partial charge is 0.338 e. The molecule has 1 aromatic carbocycles. The number of ether oxygens (including phenoxy) is 2. The van der Waals surface area contributed by atoms with Crippen molar-refractivity contribution in [2.45, 2.75) is 57.2 Å². The molecule has 2 atom stereocenters. The Labute approximate surface area is 160 Å². The monoisotopic (exact) mass is 400 g/mol. The van der Waals surface area contributed by atoms with Crippen molar-refractivity contribution in [1.29, 1.82) is 0 Å². The van der Waals surface area contributed by atoms with Gasteiger partial charge in [0.05, 0.1) is 17.1 Å². The van der Waals surface area contributed by atoms with Crippen LogP contribution in [-0.4, -0.2) is 51.7 Å². The molecule has 152 valence electrons. The van der Waals surface area contributed by atoms with E-state index < -0.39 is 39.6 Å². The van der Waals surface area contributed by atoms with Gasteiger partial charge in [-0.15, -0.1) is 0 Å². The number of esters is 1. The van der Waals surface area contributed by atoms with Crippen molar-refractivity contribution in [1.82, 2.24) is 10.0 Å². The van der Waals surface area contributed by atoms with Crippen LogP contribution in [0.25, 0.3) is 0 Å². The Bertz CT molecular complexity index is 753. The molecule has 8 nitrogen and oxygen atoms in total. The highest BCUT2D eigenvalue weighted by molar-refractivity contribution is 7.89.